The van der Waals surface area contributed by atoms with Crippen molar-refractivity contribution in [2.45, 2.75) is 45.1 Å². The number of hydrogen-bond donors (Lipinski definition) is 0. The Labute approximate surface area is 142 Å². The number of para-hydroxylation sites is 1. The number of rotatable bonds is 5. The molecule has 0 amide bonds. The summed E-state index contributed by atoms with van der Waals surface area (Å²) >= 11 is 1.07. The lowest BCUT2D eigenvalue weighted by atomic mass is 9.79. The van der Waals surface area contributed by atoms with Crippen molar-refractivity contribution in [1.82, 2.24) is 0 Å². The molecule has 124 valence electrons. The molecular weight excluding hydrogens is 311 g/mol. The maximum absolute atomic E-state index is 14.2. The Bertz CT molecular complexity index is 648. The zero-order chi connectivity index (χ0) is 17.1. The SMILES string of the molecule is CC(C)(C)C(C)(C)OSc1ccc(Oc2ccccc2)cc1F. The third-order valence-corrected chi connectivity index (χ3v) is 5.04. The monoisotopic (exact) mass is 334 g/mol. The number of halogens is 1. The van der Waals surface area contributed by atoms with E-state index in [4.69, 9.17) is 8.92 Å². The van der Waals surface area contributed by atoms with Gasteiger partial charge < -0.3 is 8.92 Å². The van der Waals surface area contributed by atoms with Crippen LogP contribution >= 0.6 is 12.0 Å². The third-order valence-electron chi connectivity index (χ3n) is 4.03. The summed E-state index contributed by atoms with van der Waals surface area (Å²) in [5.74, 6) is 0.790. The highest BCUT2D eigenvalue weighted by molar-refractivity contribution is 7.94. The summed E-state index contributed by atoms with van der Waals surface area (Å²) in [5.41, 5.74) is -0.434. The summed E-state index contributed by atoms with van der Waals surface area (Å²) in [6, 6.07) is 14.1. The zero-order valence-corrected chi connectivity index (χ0v) is 15.0. The quantitative estimate of drug-likeness (QED) is 0.584. The molecule has 0 atom stereocenters. The Morgan fingerprint density at radius 2 is 1.52 bits per heavy atom. The lowest BCUT2D eigenvalue weighted by molar-refractivity contribution is 0.0194. The van der Waals surface area contributed by atoms with Crippen molar-refractivity contribution >= 4 is 12.0 Å². The minimum atomic E-state index is -0.386. The molecule has 0 aliphatic carbocycles. The van der Waals surface area contributed by atoms with E-state index in [1.165, 1.54) is 6.07 Å². The summed E-state index contributed by atoms with van der Waals surface area (Å²) in [5, 5.41) is 0. The molecule has 0 radical (unpaired) electrons. The molecule has 23 heavy (non-hydrogen) atoms. The molecule has 2 rings (SSSR count). The maximum Gasteiger partial charge on any atom is 0.142 e. The summed E-state index contributed by atoms with van der Waals surface area (Å²) in [4.78, 5) is 0.447. The van der Waals surface area contributed by atoms with Gasteiger partial charge in [0, 0.05) is 18.1 Å². The zero-order valence-electron chi connectivity index (χ0n) is 14.2. The lowest BCUT2D eigenvalue weighted by Gasteiger charge is -2.37. The van der Waals surface area contributed by atoms with Gasteiger partial charge in [0.2, 0.25) is 0 Å². The van der Waals surface area contributed by atoms with Crippen LogP contribution in [0.4, 0.5) is 4.39 Å². The maximum atomic E-state index is 14.2. The first-order valence-electron chi connectivity index (χ1n) is 7.57. The molecule has 0 aliphatic rings. The van der Waals surface area contributed by atoms with Crippen LogP contribution in [-0.4, -0.2) is 5.60 Å². The van der Waals surface area contributed by atoms with Gasteiger partial charge in [-0.15, -0.1) is 0 Å². The minimum Gasteiger partial charge on any atom is -0.457 e. The molecule has 0 spiro atoms. The second-order valence-corrected chi connectivity index (χ2v) is 7.71. The summed E-state index contributed by atoms with van der Waals surface area (Å²) < 4.78 is 25.7. The smallest absolute Gasteiger partial charge is 0.142 e. The van der Waals surface area contributed by atoms with Crippen molar-refractivity contribution in [2.75, 3.05) is 0 Å². The number of ether oxygens (including phenoxy) is 1. The second kappa shape index (κ2) is 6.93. The predicted molar refractivity (Wildman–Crippen MR) is 93.4 cm³/mol. The van der Waals surface area contributed by atoms with Gasteiger partial charge in [0.15, 0.2) is 0 Å². The van der Waals surface area contributed by atoms with Gasteiger partial charge >= 0.3 is 0 Å². The van der Waals surface area contributed by atoms with Crippen LogP contribution in [0.15, 0.2) is 53.4 Å². The Morgan fingerprint density at radius 3 is 2.09 bits per heavy atom. The normalized spacial score (nSPS) is 12.3. The highest BCUT2D eigenvalue weighted by Crippen LogP contribution is 2.39. The van der Waals surface area contributed by atoms with Crippen LogP contribution < -0.4 is 4.74 Å². The largest absolute Gasteiger partial charge is 0.457 e. The van der Waals surface area contributed by atoms with E-state index in [9.17, 15) is 4.39 Å². The van der Waals surface area contributed by atoms with Crippen LogP contribution in [0.1, 0.15) is 34.6 Å². The van der Waals surface area contributed by atoms with Crippen molar-refractivity contribution in [3.05, 3.63) is 54.3 Å². The molecule has 0 saturated heterocycles. The molecule has 0 fully saturated rings. The van der Waals surface area contributed by atoms with Crippen molar-refractivity contribution in [3.63, 3.8) is 0 Å². The van der Waals surface area contributed by atoms with Gasteiger partial charge in [-0.25, -0.2) is 4.39 Å². The van der Waals surface area contributed by atoms with Crippen LogP contribution in [0.5, 0.6) is 11.5 Å². The molecular formula is C19H23FO2S. The summed E-state index contributed by atoms with van der Waals surface area (Å²) in [6.07, 6.45) is 0. The first-order chi connectivity index (χ1) is 10.7. The Morgan fingerprint density at radius 1 is 0.870 bits per heavy atom. The van der Waals surface area contributed by atoms with E-state index in [0.717, 1.165) is 12.0 Å². The predicted octanol–water partition coefficient (Wildman–Crippen LogP) is 6.47. The molecule has 2 aromatic rings. The highest BCUT2D eigenvalue weighted by atomic mass is 32.2. The molecule has 0 aromatic heterocycles. The Kier molecular flexibility index (Phi) is 5.37. The van der Waals surface area contributed by atoms with Crippen LogP contribution in [0, 0.1) is 11.2 Å². The molecule has 0 bridgehead atoms. The fraction of sp³-hybridized carbons (Fsp3) is 0.368. The molecule has 2 nitrogen and oxygen atoms in total. The van der Waals surface area contributed by atoms with Crippen LogP contribution in [0.3, 0.4) is 0 Å². The highest BCUT2D eigenvalue weighted by Gasteiger charge is 2.34. The standard InChI is InChI=1S/C19H23FO2S/c1-18(2,3)19(4,5)22-23-17-12-11-15(13-16(17)20)21-14-9-7-6-8-10-14/h6-13H,1-5H3. The van der Waals surface area contributed by atoms with E-state index in [0.29, 0.717) is 16.4 Å². The van der Waals surface area contributed by atoms with Gasteiger partial charge in [-0.3, -0.25) is 0 Å². The lowest BCUT2D eigenvalue weighted by Crippen LogP contribution is -2.37. The van der Waals surface area contributed by atoms with Gasteiger partial charge in [-0.05, 0) is 43.5 Å². The van der Waals surface area contributed by atoms with Gasteiger partial charge in [0.05, 0.1) is 10.5 Å². The average molecular weight is 334 g/mol. The fourth-order valence-electron chi connectivity index (χ4n) is 1.51. The minimum absolute atomic E-state index is 0.0488. The van der Waals surface area contributed by atoms with Crippen LogP contribution in [0.25, 0.3) is 0 Å². The summed E-state index contributed by atoms with van der Waals surface area (Å²) in [6.45, 7) is 10.3. The van der Waals surface area contributed by atoms with Crippen molar-refractivity contribution in [1.29, 1.82) is 0 Å². The Balaban J connectivity index is 2.05. The molecule has 0 N–H and O–H groups in total. The topological polar surface area (TPSA) is 18.5 Å². The van der Waals surface area contributed by atoms with E-state index < -0.39 is 0 Å². The molecule has 0 unspecified atom stereocenters. The van der Waals surface area contributed by atoms with Gasteiger partial charge in [-0.2, -0.15) is 0 Å². The third kappa shape index (κ3) is 4.72. The van der Waals surface area contributed by atoms with Crippen LogP contribution in [-0.2, 0) is 4.18 Å². The Hall–Kier alpha value is -1.52. The van der Waals surface area contributed by atoms with Gasteiger partial charge in [0.1, 0.15) is 17.3 Å². The van der Waals surface area contributed by atoms with Crippen molar-refractivity contribution in [2.24, 2.45) is 5.41 Å². The van der Waals surface area contributed by atoms with Crippen molar-refractivity contribution < 1.29 is 13.3 Å². The molecule has 0 aliphatic heterocycles. The summed E-state index contributed by atoms with van der Waals surface area (Å²) in [7, 11) is 0. The van der Waals surface area contributed by atoms with E-state index in [1.54, 1.807) is 12.1 Å². The molecule has 0 saturated carbocycles. The van der Waals surface area contributed by atoms with Gasteiger partial charge in [0.25, 0.3) is 0 Å². The number of hydrogen-bond acceptors (Lipinski definition) is 3. The van der Waals surface area contributed by atoms with Crippen LogP contribution in [0.2, 0.25) is 0 Å². The molecule has 4 heteroatoms. The van der Waals surface area contributed by atoms with E-state index in [1.807, 2.05) is 44.2 Å². The van der Waals surface area contributed by atoms with Crippen molar-refractivity contribution in [3.8, 4) is 11.5 Å². The molecule has 2 aromatic carbocycles. The first-order valence-corrected chi connectivity index (χ1v) is 8.31. The molecule has 0 heterocycles. The van der Waals surface area contributed by atoms with E-state index in [2.05, 4.69) is 20.8 Å². The first kappa shape index (κ1) is 17.8. The van der Waals surface area contributed by atoms with E-state index in [-0.39, 0.29) is 16.8 Å². The average Bonchev–Trinajstić information content (AvgIpc) is 2.46. The van der Waals surface area contributed by atoms with E-state index >= 15 is 0 Å². The number of benzene rings is 2. The fourth-order valence-corrected chi connectivity index (χ4v) is 2.32. The second-order valence-electron chi connectivity index (χ2n) is 6.93. The van der Waals surface area contributed by atoms with Gasteiger partial charge in [-0.1, -0.05) is 39.0 Å².